The minimum atomic E-state index is 0.908. The quantitative estimate of drug-likeness (QED) is 0.166. The number of rotatable bonds is 7. The van der Waals surface area contributed by atoms with E-state index in [2.05, 4.69) is 217 Å². The number of furan rings is 1. The summed E-state index contributed by atoms with van der Waals surface area (Å²) in [4.78, 5) is 2.35. The first-order valence-corrected chi connectivity index (χ1v) is 18.4. The van der Waals surface area contributed by atoms with Gasteiger partial charge in [0.05, 0.1) is 0 Å². The van der Waals surface area contributed by atoms with Crippen LogP contribution in [0.1, 0.15) is 0 Å². The molecule has 0 saturated carbocycles. The van der Waals surface area contributed by atoms with Gasteiger partial charge in [0.15, 0.2) is 0 Å². The van der Waals surface area contributed by atoms with Gasteiger partial charge in [-0.15, -0.1) is 0 Å². The van der Waals surface area contributed by atoms with Crippen molar-refractivity contribution >= 4 is 49.8 Å². The number of hydrogen-bond donors (Lipinski definition) is 0. The molecule has 0 aliphatic carbocycles. The van der Waals surface area contributed by atoms with Gasteiger partial charge in [-0.05, 0) is 92.2 Å². The third-order valence-corrected chi connectivity index (χ3v) is 10.5. The maximum absolute atomic E-state index is 6.60. The summed E-state index contributed by atoms with van der Waals surface area (Å²) in [5, 5.41) is 4.73. The molecule has 0 atom stereocenters. The highest BCUT2D eigenvalue weighted by atomic mass is 16.3. The van der Waals surface area contributed by atoms with Gasteiger partial charge in [-0.3, -0.25) is 0 Å². The average molecular weight is 690 g/mol. The molecule has 0 amide bonds. The largest absolute Gasteiger partial charge is 0.455 e. The maximum atomic E-state index is 6.60. The summed E-state index contributed by atoms with van der Waals surface area (Å²) in [6.07, 6.45) is 0. The Morgan fingerprint density at radius 3 is 1.52 bits per heavy atom. The predicted molar refractivity (Wildman–Crippen MR) is 228 cm³/mol. The van der Waals surface area contributed by atoms with Crippen LogP contribution in [0.5, 0.6) is 0 Å². The lowest BCUT2D eigenvalue weighted by Crippen LogP contribution is -2.10. The van der Waals surface area contributed by atoms with Crippen molar-refractivity contribution < 1.29 is 4.42 Å². The van der Waals surface area contributed by atoms with Gasteiger partial charge < -0.3 is 9.32 Å². The lowest BCUT2D eigenvalue weighted by molar-refractivity contribution is 0.670. The molecule has 0 saturated heterocycles. The molecule has 1 aromatic heterocycles. The molecule has 0 bridgehead atoms. The zero-order valence-corrected chi connectivity index (χ0v) is 29.6. The van der Waals surface area contributed by atoms with E-state index in [1.807, 2.05) is 0 Å². The molecule has 2 nitrogen and oxygen atoms in total. The van der Waals surface area contributed by atoms with E-state index in [0.29, 0.717) is 0 Å². The molecule has 0 radical (unpaired) electrons. The smallest absolute Gasteiger partial charge is 0.143 e. The van der Waals surface area contributed by atoms with Gasteiger partial charge in [-0.2, -0.15) is 0 Å². The van der Waals surface area contributed by atoms with Crippen LogP contribution in [-0.4, -0.2) is 0 Å². The molecular formula is C52H35NO. The van der Waals surface area contributed by atoms with E-state index in [9.17, 15) is 0 Å². The monoisotopic (exact) mass is 689 g/mol. The molecule has 0 fully saturated rings. The summed E-state index contributed by atoms with van der Waals surface area (Å²) in [5.74, 6) is 0. The van der Waals surface area contributed by atoms with Gasteiger partial charge in [-0.25, -0.2) is 0 Å². The van der Waals surface area contributed by atoms with Crippen molar-refractivity contribution in [1.82, 2.24) is 0 Å². The SMILES string of the molecule is c1ccc(-c2ccc(N(c3ccc(-c4cccc5c4oc4ccc6ccccc6c45)cc3)c3ccc(-c4ccccc4)c(-c4ccccc4)c3)cc2)cc1. The van der Waals surface area contributed by atoms with E-state index in [1.54, 1.807) is 0 Å². The van der Waals surface area contributed by atoms with E-state index in [-0.39, 0.29) is 0 Å². The van der Waals surface area contributed by atoms with Crippen molar-refractivity contribution in [3.8, 4) is 44.5 Å². The fourth-order valence-corrected chi connectivity index (χ4v) is 7.86. The van der Waals surface area contributed by atoms with Crippen LogP contribution in [0.2, 0.25) is 0 Å². The first kappa shape index (κ1) is 31.6. The zero-order valence-electron chi connectivity index (χ0n) is 29.6. The van der Waals surface area contributed by atoms with E-state index in [1.165, 1.54) is 49.5 Å². The lowest BCUT2D eigenvalue weighted by atomic mass is 9.93. The zero-order chi connectivity index (χ0) is 35.8. The van der Waals surface area contributed by atoms with Crippen molar-refractivity contribution in [3.63, 3.8) is 0 Å². The third kappa shape index (κ3) is 5.62. The fourth-order valence-electron chi connectivity index (χ4n) is 7.86. The van der Waals surface area contributed by atoms with Crippen LogP contribution in [0.4, 0.5) is 17.1 Å². The number of nitrogens with zero attached hydrogens (tertiary/aromatic N) is 1. The molecule has 0 aliphatic heterocycles. The molecule has 10 rings (SSSR count). The molecule has 254 valence electrons. The Morgan fingerprint density at radius 1 is 0.315 bits per heavy atom. The van der Waals surface area contributed by atoms with Crippen LogP contribution in [0.15, 0.2) is 217 Å². The Hall–Kier alpha value is -7.16. The average Bonchev–Trinajstić information content (AvgIpc) is 3.65. The van der Waals surface area contributed by atoms with E-state index >= 15 is 0 Å². The molecule has 1 heterocycles. The number of fused-ring (bicyclic) bond motifs is 5. The fraction of sp³-hybridized carbons (Fsp3) is 0. The van der Waals surface area contributed by atoms with E-state index in [0.717, 1.165) is 44.7 Å². The number of para-hydroxylation sites is 1. The van der Waals surface area contributed by atoms with Gasteiger partial charge in [0.2, 0.25) is 0 Å². The Balaban J connectivity index is 1.11. The second-order valence-corrected chi connectivity index (χ2v) is 13.7. The highest BCUT2D eigenvalue weighted by Gasteiger charge is 2.18. The van der Waals surface area contributed by atoms with E-state index < -0.39 is 0 Å². The summed E-state index contributed by atoms with van der Waals surface area (Å²) in [6.45, 7) is 0. The van der Waals surface area contributed by atoms with Gasteiger partial charge >= 0.3 is 0 Å². The second-order valence-electron chi connectivity index (χ2n) is 13.7. The van der Waals surface area contributed by atoms with Crippen molar-refractivity contribution in [2.45, 2.75) is 0 Å². The molecule has 10 aromatic rings. The van der Waals surface area contributed by atoms with Crippen molar-refractivity contribution in [3.05, 3.63) is 212 Å². The number of hydrogen-bond acceptors (Lipinski definition) is 2. The number of anilines is 3. The summed E-state index contributed by atoms with van der Waals surface area (Å²) in [6, 6.07) is 75.8. The second kappa shape index (κ2) is 13.4. The Morgan fingerprint density at radius 2 is 0.833 bits per heavy atom. The predicted octanol–water partition coefficient (Wildman–Crippen LogP) is 14.9. The van der Waals surface area contributed by atoms with Crippen LogP contribution in [-0.2, 0) is 0 Å². The first-order chi connectivity index (χ1) is 26.8. The molecule has 0 unspecified atom stereocenters. The highest BCUT2D eigenvalue weighted by molar-refractivity contribution is 6.20. The molecule has 0 N–H and O–H groups in total. The van der Waals surface area contributed by atoms with Crippen LogP contribution >= 0.6 is 0 Å². The Bertz CT molecular complexity index is 2890. The normalized spacial score (nSPS) is 11.3. The van der Waals surface area contributed by atoms with Crippen molar-refractivity contribution in [1.29, 1.82) is 0 Å². The standard InChI is InChI=1S/C52H35NO/c1-4-13-36(14-5-1)37-23-28-42(29-24-37)53(44-32-33-45(38-15-6-2-7-16-38)49(35-44)39-17-8-3-9-18-39)43-30-25-41(26-31-43)47-21-12-22-48-51-46-20-11-10-19-40(46)27-34-50(51)54-52(47)48/h1-35H. The summed E-state index contributed by atoms with van der Waals surface area (Å²) in [7, 11) is 0. The van der Waals surface area contributed by atoms with Crippen LogP contribution in [0.3, 0.4) is 0 Å². The van der Waals surface area contributed by atoms with Crippen LogP contribution < -0.4 is 4.90 Å². The third-order valence-electron chi connectivity index (χ3n) is 10.5. The van der Waals surface area contributed by atoms with Crippen LogP contribution in [0, 0.1) is 0 Å². The van der Waals surface area contributed by atoms with Crippen molar-refractivity contribution in [2.24, 2.45) is 0 Å². The first-order valence-electron chi connectivity index (χ1n) is 18.4. The minimum Gasteiger partial charge on any atom is -0.455 e. The molecule has 9 aromatic carbocycles. The topological polar surface area (TPSA) is 16.4 Å². The minimum absolute atomic E-state index is 0.908. The molecular weight excluding hydrogens is 655 g/mol. The summed E-state index contributed by atoms with van der Waals surface area (Å²) >= 11 is 0. The lowest BCUT2D eigenvalue weighted by Gasteiger charge is -2.27. The maximum Gasteiger partial charge on any atom is 0.143 e. The van der Waals surface area contributed by atoms with Crippen molar-refractivity contribution in [2.75, 3.05) is 4.90 Å². The van der Waals surface area contributed by atoms with Gasteiger partial charge in [-0.1, -0.05) is 170 Å². The summed E-state index contributed by atoms with van der Waals surface area (Å²) < 4.78 is 6.60. The van der Waals surface area contributed by atoms with E-state index in [4.69, 9.17) is 4.42 Å². The summed E-state index contributed by atoms with van der Waals surface area (Å²) in [5.41, 5.74) is 14.4. The van der Waals surface area contributed by atoms with Crippen LogP contribution in [0.25, 0.3) is 77.2 Å². The van der Waals surface area contributed by atoms with Gasteiger partial charge in [0, 0.05) is 33.4 Å². The highest BCUT2D eigenvalue weighted by Crippen LogP contribution is 2.43. The molecule has 0 aliphatic rings. The Labute approximate surface area is 314 Å². The number of benzene rings is 9. The Kier molecular flexibility index (Phi) is 7.85. The molecule has 0 spiro atoms. The molecule has 54 heavy (non-hydrogen) atoms. The van der Waals surface area contributed by atoms with Gasteiger partial charge in [0.25, 0.3) is 0 Å². The van der Waals surface area contributed by atoms with Gasteiger partial charge in [0.1, 0.15) is 11.2 Å². The molecule has 2 heteroatoms.